The lowest BCUT2D eigenvalue weighted by Crippen LogP contribution is -2.36. The Balaban J connectivity index is 1.48. The molecule has 0 unspecified atom stereocenters. The quantitative estimate of drug-likeness (QED) is 0.648. The van der Waals surface area contributed by atoms with E-state index >= 15 is 0 Å². The van der Waals surface area contributed by atoms with Crippen LogP contribution in [0.25, 0.3) is 0 Å². The van der Waals surface area contributed by atoms with Crippen LogP contribution >= 0.6 is 0 Å². The summed E-state index contributed by atoms with van der Waals surface area (Å²) in [6.07, 6.45) is 2.76. The fourth-order valence-corrected chi connectivity index (χ4v) is 3.36. The van der Waals surface area contributed by atoms with Crippen LogP contribution in [0, 0.1) is 5.92 Å². The molecule has 4 rings (SSSR count). The van der Waals surface area contributed by atoms with Gasteiger partial charge in [0.1, 0.15) is 23.7 Å². The van der Waals surface area contributed by atoms with E-state index in [-0.39, 0.29) is 5.92 Å². The molecule has 2 N–H and O–H groups in total. The first-order valence-electron chi connectivity index (χ1n) is 9.58. The number of rotatable bonds is 6. The molecule has 0 amide bonds. The van der Waals surface area contributed by atoms with E-state index in [4.69, 9.17) is 9.84 Å². The molecule has 1 fully saturated rings. The van der Waals surface area contributed by atoms with E-state index in [2.05, 4.69) is 20.2 Å². The summed E-state index contributed by atoms with van der Waals surface area (Å²) in [7, 11) is 0. The zero-order valence-corrected chi connectivity index (χ0v) is 15.9. The van der Waals surface area contributed by atoms with Crippen molar-refractivity contribution in [1.82, 2.24) is 9.97 Å². The lowest BCUT2D eigenvalue weighted by molar-refractivity contribution is -0.142. The maximum atomic E-state index is 11.2. The van der Waals surface area contributed by atoms with Gasteiger partial charge in [0.25, 0.3) is 0 Å². The third-order valence-electron chi connectivity index (χ3n) is 4.94. The van der Waals surface area contributed by atoms with E-state index in [9.17, 15) is 4.79 Å². The van der Waals surface area contributed by atoms with Gasteiger partial charge < -0.3 is 20.1 Å². The third-order valence-corrected chi connectivity index (χ3v) is 4.94. The van der Waals surface area contributed by atoms with Gasteiger partial charge in [-0.3, -0.25) is 4.79 Å². The summed E-state index contributed by atoms with van der Waals surface area (Å²) in [6, 6.07) is 19.2. The molecule has 0 spiro atoms. The number of carboxylic acid groups (broad SMARTS) is 1. The van der Waals surface area contributed by atoms with E-state index in [1.807, 2.05) is 60.7 Å². The molecule has 29 heavy (non-hydrogen) atoms. The second-order valence-electron chi connectivity index (χ2n) is 6.90. The molecule has 0 aliphatic carbocycles. The molecular formula is C22H22N4O3. The lowest BCUT2D eigenvalue weighted by Gasteiger charge is -2.31. The highest BCUT2D eigenvalue weighted by atomic mass is 16.5. The van der Waals surface area contributed by atoms with E-state index in [1.54, 1.807) is 0 Å². The van der Waals surface area contributed by atoms with Gasteiger partial charge in [-0.1, -0.05) is 30.3 Å². The molecule has 1 aliphatic rings. The van der Waals surface area contributed by atoms with Crippen LogP contribution < -0.4 is 15.0 Å². The predicted octanol–water partition coefficient (Wildman–Crippen LogP) is 4.31. The first kappa shape index (κ1) is 18.7. The largest absolute Gasteiger partial charge is 0.481 e. The number of benzene rings is 2. The number of carbonyl (C=O) groups is 1. The van der Waals surface area contributed by atoms with Gasteiger partial charge in [-0.25, -0.2) is 9.97 Å². The van der Waals surface area contributed by atoms with Gasteiger partial charge in [-0.05, 0) is 37.1 Å². The minimum Gasteiger partial charge on any atom is -0.481 e. The number of aliphatic carboxylic acids is 1. The third kappa shape index (κ3) is 4.63. The molecule has 148 valence electrons. The van der Waals surface area contributed by atoms with Crippen molar-refractivity contribution in [2.75, 3.05) is 23.3 Å². The highest BCUT2D eigenvalue weighted by Crippen LogP contribution is 2.31. The molecule has 2 heterocycles. The molecular weight excluding hydrogens is 368 g/mol. The highest BCUT2D eigenvalue weighted by molar-refractivity contribution is 5.70. The van der Waals surface area contributed by atoms with Gasteiger partial charge in [0.05, 0.1) is 11.6 Å². The van der Waals surface area contributed by atoms with Crippen LogP contribution in [-0.4, -0.2) is 34.1 Å². The van der Waals surface area contributed by atoms with Gasteiger partial charge >= 0.3 is 5.97 Å². The molecule has 7 heteroatoms. The number of hydrogen-bond donors (Lipinski definition) is 2. The zero-order chi connectivity index (χ0) is 20.1. The number of anilines is 3. The normalized spacial score (nSPS) is 14.4. The molecule has 0 bridgehead atoms. The summed E-state index contributed by atoms with van der Waals surface area (Å²) in [4.78, 5) is 21.9. The summed E-state index contributed by atoms with van der Waals surface area (Å²) >= 11 is 0. The van der Waals surface area contributed by atoms with Crippen LogP contribution in [0.1, 0.15) is 12.8 Å². The molecule has 0 radical (unpaired) electrons. The summed E-state index contributed by atoms with van der Waals surface area (Å²) in [6.45, 7) is 1.34. The van der Waals surface area contributed by atoms with Crippen molar-refractivity contribution in [2.24, 2.45) is 5.92 Å². The van der Waals surface area contributed by atoms with E-state index in [0.29, 0.717) is 37.5 Å². The Morgan fingerprint density at radius 1 is 1.03 bits per heavy atom. The monoisotopic (exact) mass is 390 g/mol. The van der Waals surface area contributed by atoms with Crippen molar-refractivity contribution in [1.29, 1.82) is 0 Å². The Labute approximate surface area is 169 Å². The Bertz CT molecular complexity index is 973. The SMILES string of the molecule is O=C(O)C1CCN(c2cc(Nc3ccccc3Oc3ccccc3)ncn2)CC1. The maximum absolute atomic E-state index is 11.2. The Kier molecular flexibility index (Phi) is 5.56. The zero-order valence-electron chi connectivity index (χ0n) is 15.9. The second kappa shape index (κ2) is 8.60. The van der Waals surface area contributed by atoms with Gasteiger partial charge in [-0.15, -0.1) is 0 Å². The first-order valence-corrected chi connectivity index (χ1v) is 9.58. The van der Waals surface area contributed by atoms with Gasteiger partial charge in [-0.2, -0.15) is 0 Å². The summed E-state index contributed by atoms with van der Waals surface area (Å²) < 4.78 is 5.99. The number of aromatic nitrogens is 2. The molecule has 2 aromatic carbocycles. The average molecular weight is 390 g/mol. The Morgan fingerprint density at radius 3 is 2.52 bits per heavy atom. The number of piperidine rings is 1. The molecule has 1 aromatic heterocycles. The predicted molar refractivity (Wildman–Crippen MR) is 111 cm³/mol. The number of nitrogens with zero attached hydrogens (tertiary/aromatic N) is 3. The Hall–Kier alpha value is -3.61. The van der Waals surface area contributed by atoms with Gasteiger partial charge in [0.2, 0.25) is 0 Å². The Morgan fingerprint density at radius 2 is 1.76 bits per heavy atom. The average Bonchev–Trinajstić information content (AvgIpc) is 2.76. The van der Waals surface area contributed by atoms with Crippen molar-refractivity contribution in [2.45, 2.75) is 12.8 Å². The summed E-state index contributed by atoms with van der Waals surface area (Å²) in [5.74, 6) is 1.90. The van der Waals surface area contributed by atoms with Crippen LogP contribution in [0.3, 0.4) is 0 Å². The van der Waals surface area contributed by atoms with E-state index in [1.165, 1.54) is 6.33 Å². The van der Waals surface area contributed by atoms with E-state index < -0.39 is 5.97 Å². The van der Waals surface area contributed by atoms with Crippen molar-refractivity contribution in [3.05, 3.63) is 67.0 Å². The standard InChI is InChI=1S/C22H22N4O3/c27-22(28)16-10-12-26(13-11-16)21-14-20(23-15-24-21)25-18-8-4-5-9-19(18)29-17-6-2-1-3-7-17/h1-9,14-16H,10-13H2,(H,27,28)(H,23,24,25). The van der Waals surface area contributed by atoms with Crippen molar-refractivity contribution >= 4 is 23.3 Å². The van der Waals surface area contributed by atoms with Crippen LogP contribution in [0.2, 0.25) is 0 Å². The number of nitrogens with one attached hydrogen (secondary N) is 1. The number of ether oxygens (including phenoxy) is 1. The topological polar surface area (TPSA) is 87.6 Å². The molecule has 7 nitrogen and oxygen atoms in total. The molecule has 1 saturated heterocycles. The second-order valence-corrected chi connectivity index (χ2v) is 6.90. The van der Waals surface area contributed by atoms with Gasteiger partial charge in [0, 0.05) is 19.2 Å². The van der Waals surface area contributed by atoms with Crippen molar-refractivity contribution < 1.29 is 14.6 Å². The van der Waals surface area contributed by atoms with Crippen LogP contribution in [0.4, 0.5) is 17.3 Å². The van der Waals surface area contributed by atoms with Gasteiger partial charge in [0.15, 0.2) is 5.75 Å². The highest BCUT2D eigenvalue weighted by Gasteiger charge is 2.25. The fraction of sp³-hybridized carbons (Fsp3) is 0.227. The van der Waals surface area contributed by atoms with Crippen LogP contribution in [0.5, 0.6) is 11.5 Å². The molecule has 3 aromatic rings. The molecule has 0 saturated carbocycles. The summed E-state index contributed by atoms with van der Waals surface area (Å²) in [5, 5.41) is 12.5. The first-order chi connectivity index (χ1) is 14.2. The van der Waals surface area contributed by atoms with Crippen LogP contribution in [0.15, 0.2) is 67.0 Å². The summed E-state index contributed by atoms with van der Waals surface area (Å²) in [5.41, 5.74) is 0.797. The lowest BCUT2D eigenvalue weighted by atomic mass is 9.97. The van der Waals surface area contributed by atoms with Crippen molar-refractivity contribution in [3.63, 3.8) is 0 Å². The number of para-hydroxylation sites is 3. The minimum absolute atomic E-state index is 0.271. The maximum Gasteiger partial charge on any atom is 0.306 e. The van der Waals surface area contributed by atoms with Crippen molar-refractivity contribution in [3.8, 4) is 11.5 Å². The number of hydrogen-bond acceptors (Lipinski definition) is 6. The van der Waals surface area contributed by atoms with E-state index in [0.717, 1.165) is 17.3 Å². The minimum atomic E-state index is -0.718. The van der Waals surface area contributed by atoms with Crippen LogP contribution in [-0.2, 0) is 4.79 Å². The fourth-order valence-electron chi connectivity index (χ4n) is 3.36. The number of carboxylic acids is 1. The molecule has 0 atom stereocenters. The smallest absolute Gasteiger partial charge is 0.306 e. The molecule has 1 aliphatic heterocycles.